The summed E-state index contributed by atoms with van der Waals surface area (Å²) in [6.07, 6.45) is 2.37. The third-order valence-electron chi connectivity index (χ3n) is 7.21. The molecule has 0 unspecified atom stereocenters. The van der Waals surface area contributed by atoms with Gasteiger partial charge >= 0.3 is 0 Å². The zero-order valence-corrected chi connectivity index (χ0v) is 21.4. The molecule has 1 aromatic heterocycles. The van der Waals surface area contributed by atoms with Crippen LogP contribution in [0.15, 0.2) is 53.5 Å². The van der Waals surface area contributed by atoms with E-state index in [4.69, 9.17) is 9.47 Å². The highest BCUT2D eigenvalue weighted by Crippen LogP contribution is 2.47. The smallest absolute Gasteiger partial charge is 0.258 e. The summed E-state index contributed by atoms with van der Waals surface area (Å²) in [5, 5.41) is 5.20. The van der Waals surface area contributed by atoms with Crippen molar-refractivity contribution >= 4 is 33.3 Å². The number of anilines is 1. The molecule has 1 fully saturated rings. The van der Waals surface area contributed by atoms with Crippen molar-refractivity contribution < 1.29 is 18.7 Å². The molecule has 8 nitrogen and oxygen atoms in total. The van der Waals surface area contributed by atoms with Crippen molar-refractivity contribution in [2.75, 3.05) is 58.8 Å². The molecule has 1 saturated heterocycles. The number of benzene rings is 3. The molecule has 0 aliphatic carbocycles. The third-order valence-corrected chi connectivity index (χ3v) is 7.21. The fourth-order valence-corrected chi connectivity index (χ4v) is 5.28. The van der Waals surface area contributed by atoms with Crippen LogP contribution in [0.2, 0.25) is 0 Å². The third kappa shape index (κ3) is 4.08. The van der Waals surface area contributed by atoms with Crippen LogP contribution in [0.4, 0.5) is 10.1 Å². The molecule has 3 heterocycles. The molecule has 0 saturated carbocycles. The van der Waals surface area contributed by atoms with E-state index in [0.29, 0.717) is 23.5 Å². The predicted octanol–water partition coefficient (Wildman–Crippen LogP) is 4.22. The van der Waals surface area contributed by atoms with Gasteiger partial charge in [-0.1, -0.05) is 30.3 Å². The minimum Gasteiger partial charge on any atom is -0.451 e. The van der Waals surface area contributed by atoms with Gasteiger partial charge in [-0.05, 0) is 30.5 Å². The van der Waals surface area contributed by atoms with Crippen LogP contribution in [0.3, 0.4) is 0 Å². The minimum absolute atomic E-state index is 0.0279. The summed E-state index contributed by atoms with van der Waals surface area (Å²) in [5.74, 6) is -0.274. The number of amides is 1. The Bertz CT molecular complexity index is 1630. The highest BCUT2D eigenvalue weighted by atomic mass is 19.1. The van der Waals surface area contributed by atoms with Gasteiger partial charge in [-0.2, -0.15) is 0 Å². The van der Waals surface area contributed by atoms with Gasteiger partial charge < -0.3 is 24.3 Å². The van der Waals surface area contributed by atoms with E-state index < -0.39 is 17.2 Å². The number of nitrogens with zero attached hydrogens (tertiary/aromatic N) is 3. The number of hydrogen-bond donors (Lipinski definition) is 1. The normalized spacial score (nSPS) is 14.8. The molecule has 0 spiro atoms. The first-order chi connectivity index (χ1) is 18.4. The SMILES string of the molecule is CN(C)C(=O)c1cn2c3c(c(NCCCN4CCOCC4)c(F)cc3c1=O)Oc1ccc3ccccc3c1-2. The van der Waals surface area contributed by atoms with Crippen LogP contribution in [-0.4, -0.2) is 73.8 Å². The van der Waals surface area contributed by atoms with Crippen molar-refractivity contribution in [2.24, 2.45) is 0 Å². The summed E-state index contributed by atoms with van der Waals surface area (Å²) in [6, 6.07) is 12.8. The Kier molecular flexibility index (Phi) is 6.25. The van der Waals surface area contributed by atoms with Crippen molar-refractivity contribution in [3.8, 4) is 17.2 Å². The first kappa shape index (κ1) is 24.4. The van der Waals surface area contributed by atoms with Gasteiger partial charge in [-0.15, -0.1) is 0 Å². The van der Waals surface area contributed by atoms with Crippen LogP contribution in [0, 0.1) is 5.82 Å². The van der Waals surface area contributed by atoms with Gasteiger partial charge in [0, 0.05) is 45.3 Å². The average Bonchev–Trinajstić information content (AvgIpc) is 2.93. The molecule has 0 radical (unpaired) electrons. The van der Waals surface area contributed by atoms with Crippen LogP contribution in [0.25, 0.3) is 27.4 Å². The van der Waals surface area contributed by atoms with Crippen molar-refractivity contribution in [3.63, 3.8) is 0 Å². The van der Waals surface area contributed by atoms with Crippen LogP contribution in [0.1, 0.15) is 16.8 Å². The first-order valence-electron chi connectivity index (χ1n) is 12.8. The monoisotopic (exact) mass is 516 g/mol. The maximum absolute atomic E-state index is 15.6. The van der Waals surface area contributed by atoms with Gasteiger partial charge in [0.05, 0.1) is 24.3 Å². The molecule has 2 aliphatic heterocycles. The number of morpholine rings is 1. The Morgan fingerprint density at radius 1 is 1.11 bits per heavy atom. The molecule has 38 heavy (non-hydrogen) atoms. The zero-order chi connectivity index (χ0) is 26.4. The van der Waals surface area contributed by atoms with E-state index in [0.717, 1.165) is 50.0 Å². The van der Waals surface area contributed by atoms with E-state index in [9.17, 15) is 9.59 Å². The molecule has 1 N–H and O–H groups in total. The summed E-state index contributed by atoms with van der Waals surface area (Å²) in [5.41, 5.74) is 0.795. The molecule has 3 aromatic carbocycles. The lowest BCUT2D eigenvalue weighted by Crippen LogP contribution is -2.37. The molecule has 6 rings (SSSR count). The Labute approximate surface area is 219 Å². The minimum atomic E-state index is -0.596. The molecule has 4 aromatic rings. The molecular weight excluding hydrogens is 487 g/mol. The summed E-state index contributed by atoms with van der Waals surface area (Å²) in [7, 11) is 3.18. The lowest BCUT2D eigenvalue weighted by Gasteiger charge is -2.28. The maximum atomic E-state index is 15.6. The van der Waals surface area contributed by atoms with E-state index in [2.05, 4.69) is 10.2 Å². The van der Waals surface area contributed by atoms with E-state index in [1.54, 1.807) is 20.3 Å². The highest BCUT2D eigenvalue weighted by molar-refractivity contribution is 6.03. The number of fused-ring (bicyclic) bond motifs is 4. The summed E-state index contributed by atoms with van der Waals surface area (Å²) in [4.78, 5) is 30.1. The van der Waals surface area contributed by atoms with Crippen molar-refractivity contribution in [1.82, 2.24) is 14.4 Å². The standard InChI is InChI=1S/C29H29FN4O4/c1-32(2)29(36)21-17-34-25-19-7-4-3-6-18(19)8-9-23(25)38-28-24(22(30)16-20(26(28)34)27(21)35)31-10-5-11-33-12-14-37-15-13-33/h3-4,6-9,16-17,31H,5,10-15H2,1-2H3. The average molecular weight is 517 g/mol. The van der Waals surface area contributed by atoms with Crippen LogP contribution in [0.5, 0.6) is 11.5 Å². The number of aromatic nitrogens is 1. The van der Waals surface area contributed by atoms with E-state index in [-0.39, 0.29) is 22.4 Å². The second-order valence-corrected chi connectivity index (χ2v) is 9.87. The van der Waals surface area contributed by atoms with E-state index in [1.165, 1.54) is 11.0 Å². The first-order valence-corrected chi connectivity index (χ1v) is 12.8. The molecule has 196 valence electrons. The lowest BCUT2D eigenvalue weighted by atomic mass is 10.0. The molecular formula is C29H29FN4O4. The van der Waals surface area contributed by atoms with Crippen molar-refractivity contribution in [1.29, 1.82) is 0 Å². The number of halogens is 1. The Hall–Kier alpha value is -3.95. The fourth-order valence-electron chi connectivity index (χ4n) is 5.28. The quantitative estimate of drug-likeness (QED) is 0.341. The molecule has 2 aliphatic rings. The molecule has 0 bridgehead atoms. The van der Waals surface area contributed by atoms with Gasteiger partial charge in [0.25, 0.3) is 5.91 Å². The summed E-state index contributed by atoms with van der Waals surface area (Å²) >= 11 is 0. The summed E-state index contributed by atoms with van der Waals surface area (Å²) in [6.45, 7) is 4.65. The molecule has 0 atom stereocenters. The topological polar surface area (TPSA) is 76.0 Å². The Morgan fingerprint density at radius 3 is 2.68 bits per heavy atom. The van der Waals surface area contributed by atoms with Gasteiger partial charge in [-0.3, -0.25) is 14.5 Å². The number of pyridine rings is 1. The second kappa shape index (κ2) is 9.74. The zero-order valence-electron chi connectivity index (χ0n) is 21.4. The summed E-state index contributed by atoms with van der Waals surface area (Å²) < 4.78 is 29.1. The van der Waals surface area contributed by atoms with Crippen molar-refractivity contribution in [3.05, 3.63) is 70.3 Å². The largest absolute Gasteiger partial charge is 0.451 e. The Balaban J connectivity index is 1.49. The van der Waals surface area contributed by atoms with Gasteiger partial charge in [0.1, 0.15) is 16.8 Å². The molecule has 1 amide bonds. The number of carbonyl (C=O) groups is 1. The number of hydrogen-bond acceptors (Lipinski definition) is 6. The van der Waals surface area contributed by atoms with Gasteiger partial charge in [0.15, 0.2) is 17.3 Å². The van der Waals surface area contributed by atoms with Crippen LogP contribution < -0.4 is 15.5 Å². The Morgan fingerprint density at radius 2 is 1.89 bits per heavy atom. The van der Waals surface area contributed by atoms with Crippen LogP contribution >= 0.6 is 0 Å². The number of rotatable bonds is 6. The predicted molar refractivity (Wildman–Crippen MR) is 145 cm³/mol. The van der Waals surface area contributed by atoms with Crippen molar-refractivity contribution in [2.45, 2.75) is 6.42 Å². The second-order valence-electron chi connectivity index (χ2n) is 9.87. The van der Waals surface area contributed by atoms with Gasteiger partial charge in [-0.25, -0.2) is 4.39 Å². The van der Waals surface area contributed by atoms with E-state index >= 15 is 4.39 Å². The number of carbonyl (C=O) groups excluding carboxylic acids is 1. The number of nitrogens with one attached hydrogen (secondary N) is 1. The highest BCUT2D eigenvalue weighted by Gasteiger charge is 2.29. The lowest BCUT2D eigenvalue weighted by molar-refractivity contribution is 0.0378. The van der Waals surface area contributed by atoms with Gasteiger partial charge in [0.2, 0.25) is 5.43 Å². The van der Waals surface area contributed by atoms with E-state index in [1.807, 2.05) is 41.0 Å². The fraction of sp³-hybridized carbons (Fsp3) is 0.310. The van der Waals surface area contributed by atoms with Crippen LogP contribution in [-0.2, 0) is 4.74 Å². The number of ether oxygens (including phenoxy) is 2. The maximum Gasteiger partial charge on any atom is 0.258 e. The molecule has 9 heteroatoms.